The molecule has 3 rings (SSSR count). The molecule has 3 heterocycles. The van der Waals surface area contributed by atoms with E-state index < -0.39 is 0 Å². The zero-order valence-corrected chi connectivity index (χ0v) is 12.8. The largest absolute Gasteiger partial charge is 0.364 e. The molecule has 0 radical (unpaired) electrons. The van der Waals surface area contributed by atoms with Crippen LogP contribution in [0.25, 0.3) is 0 Å². The van der Waals surface area contributed by atoms with Gasteiger partial charge in [-0.25, -0.2) is 4.98 Å². The second kappa shape index (κ2) is 7.07. The maximum absolute atomic E-state index is 12.2. The highest BCUT2D eigenvalue weighted by Crippen LogP contribution is 2.21. The van der Waals surface area contributed by atoms with Gasteiger partial charge in [0, 0.05) is 31.9 Å². The second-order valence-corrected chi connectivity index (χ2v) is 6.02. The minimum atomic E-state index is -0.317. The predicted octanol–water partition coefficient (Wildman–Crippen LogP) is 0.673. The number of carbonyl (C=O) groups excluding carboxylic acids is 1. The summed E-state index contributed by atoms with van der Waals surface area (Å²) in [5, 5.41) is 3.13. The molecule has 0 unspecified atom stereocenters. The lowest BCUT2D eigenvalue weighted by Crippen LogP contribution is -2.47. The lowest BCUT2D eigenvalue weighted by molar-refractivity contribution is -0.132. The second-order valence-electron chi connectivity index (χ2n) is 6.02. The number of pyridine rings is 1. The summed E-state index contributed by atoms with van der Waals surface area (Å²) in [6, 6.07) is 6.18. The first-order valence-corrected chi connectivity index (χ1v) is 8.08. The van der Waals surface area contributed by atoms with E-state index in [4.69, 9.17) is 10.5 Å². The molecule has 1 aromatic heterocycles. The molecule has 0 spiro atoms. The highest BCUT2D eigenvalue weighted by atomic mass is 16.5. The number of hydrogen-bond acceptors (Lipinski definition) is 5. The summed E-state index contributed by atoms with van der Waals surface area (Å²) >= 11 is 0. The van der Waals surface area contributed by atoms with Crippen molar-refractivity contribution in [3.63, 3.8) is 0 Å². The molecule has 1 aromatic rings. The summed E-state index contributed by atoms with van der Waals surface area (Å²) in [6.07, 6.45) is 5.08. The maximum Gasteiger partial charge on any atom is 0.249 e. The van der Waals surface area contributed by atoms with E-state index >= 15 is 0 Å². The molecule has 0 aliphatic carbocycles. The van der Waals surface area contributed by atoms with Crippen LogP contribution in [-0.2, 0) is 9.53 Å². The van der Waals surface area contributed by atoms with E-state index in [9.17, 15) is 4.79 Å². The van der Waals surface area contributed by atoms with Crippen molar-refractivity contribution in [3.8, 4) is 0 Å². The van der Waals surface area contributed by atoms with Gasteiger partial charge in [-0.15, -0.1) is 0 Å². The average Bonchev–Trinajstić information content (AvgIpc) is 3.06. The monoisotopic (exact) mass is 304 g/mol. The molecule has 1 amide bonds. The van der Waals surface area contributed by atoms with Crippen LogP contribution in [0.1, 0.15) is 25.7 Å². The van der Waals surface area contributed by atoms with Crippen LogP contribution in [0.5, 0.6) is 0 Å². The average molecular weight is 304 g/mol. The Labute approximate surface area is 131 Å². The summed E-state index contributed by atoms with van der Waals surface area (Å²) in [5.41, 5.74) is 5.58. The number of nitrogens with zero attached hydrogens (tertiary/aromatic N) is 2. The van der Waals surface area contributed by atoms with Gasteiger partial charge in [-0.05, 0) is 37.8 Å². The first-order valence-electron chi connectivity index (χ1n) is 8.08. The van der Waals surface area contributed by atoms with Gasteiger partial charge < -0.3 is 20.7 Å². The quantitative estimate of drug-likeness (QED) is 0.855. The molecule has 22 heavy (non-hydrogen) atoms. The number of piperidine rings is 1. The number of ether oxygens (including phenoxy) is 1. The van der Waals surface area contributed by atoms with Crippen molar-refractivity contribution in [1.82, 2.24) is 10.3 Å². The number of nitrogens with one attached hydrogen (secondary N) is 1. The summed E-state index contributed by atoms with van der Waals surface area (Å²) in [5.74, 6) is 1.03. The first kappa shape index (κ1) is 15.2. The standard InChI is InChI=1S/C16H24N4O2/c17-11-13-4-5-14(22-13)16(21)19-12-6-9-20(10-7-12)15-3-1-2-8-18-15/h1-3,8,12-14H,4-7,9-11,17H2,(H,19,21)/t13-,14+/m1/s1. The first-order chi connectivity index (χ1) is 10.8. The van der Waals surface area contributed by atoms with Crippen molar-refractivity contribution in [3.05, 3.63) is 24.4 Å². The fraction of sp³-hybridized carbons (Fsp3) is 0.625. The highest BCUT2D eigenvalue weighted by Gasteiger charge is 2.31. The normalized spacial score (nSPS) is 26.1. The molecule has 0 saturated carbocycles. The van der Waals surface area contributed by atoms with E-state index in [1.54, 1.807) is 0 Å². The Morgan fingerprint density at radius 1 is 1.32 bits per heavy atom. The molecule has 2 atom stereocenters. The summed E-state index contributed by atoms with van der Waals surface area (Å²) < 4.78 is 5.65. The SMILES string of the molecule is NC[C@H]1CC[C@@H](C(=O)NC2CCN(c3ccccn3)CC2)O1. The van der Waals surface area contributed by atoms with Gasteiger partial charge in [-0.3, -0.25) is 4.79 Å². The van der Waals surface area contributed by atoms with Crippen LogP contribution in [0.15, 0.2) is 24.4 Å². The topological polar surface area (TPSA) is 80.5 Å². The van der Waals surface area contributed by atoms with Crippen LogP contribution in [0.4, 0.5) is 5.82 Å². The molecule has 6 heteroatoms. The molecule has 3 N–H and O–H groups in total. The number of rotatable bonds is 4. The molecule has 2 aliphatic rings. The fourth-order valence-corrected chi connectivity index (χ4v) is 3.16. The number of amides is 1. The van der Waals surface area contributed by atoms with Gasteiger partial charge in [-0.2, -0.15) is 0 Å². The Hall–Kier alpha value is -1.66. The van der Waals surface area contributed by atoms with Gasteiger partial charge in [0.2, 0.25) is 5.91 Å². The molecular weight excluding hydrogens is 280 g/mol. The Bertz CT molecular complexity index is 488. The fourth-order valence-electron chi connectivity index (χ4n) is 3.16. The summed E-state index contributed by atoms with van der Waals surface area (Å²) in [6.45, 7) is 2.32. The Balaban J connectivity index is 1.45. The van der Waals surface area contributed by atoms with Crippen molar-refractivity contribution in [2.45, 2.75) is 43.9 Å². The van der Waals surface area contributed by atoms with E-state index in [1.807, 2.05) is 24.4 Å². The van der Waals surface area contributed by atoms with Crippen molar-refractivity contribution in [2.75, 3.05) is 24.5 Å². The lowest BCUT2D eigenvalue weighted by atomic mass is 10.0. The third-order valence-corrected chi connectivity index (χ3v) is 4.48. The molecular formula is C16H24N4O2. The van der Waals surface area contributed by atoms with E-state index in [1.165, 1.54) is 0 Å². The molecule has 2 saturated heterocycles. The van der Waals surface area contributed by atoms with Gasteiger partial charge in [0.1, 0.15) is 11.9 Å². The lowest BCUT2D eigenvalue weighted by Gasteiger charge is -2.33. The molecule has 0 bridgehead atoms. The third-order valence-electron chi connectivity index (χ3n) is 4.48. The van der Waals surface area contributed by atoms with Crippen LogP contribution in [0.2, 0.25) is 0 Å². The maximum atomic E-state index is 12.2. The van der Waals surface area contributed by atoms with Gasteiger partial charge in [-0.1, -0.05) is 6.07 Å². The smallest absolute Gasteiger partial charge is 0.249 e. The van der Waals surface area contributed by atoms with Gasteiger partial charge in [0.25, 0.3) is 0 Å². The van der Waals surface area contributed by atoms with Crippen molar-refractivity contribution in [1.29, 1.82) is 0 Å². The number of aromatic nitrogens is 1. The number of hydrogen-bond donors (Lipinski definition) is 2. The van der Waals surface area contributed by atoms with Crippen LogP contribution in [0, 0.1) is 0 Å². The van der Waals surface area contributed by atoms with E-state index in [2.05, 4.69) is 15.2 Å². The molecule has 2 fully saturated rings. The molecule has 6 nitrogen and oxygen atoms in total. The minimum absolute atomic E-state index is 0.0206. The van der Waals surface area contributed by atoms with E-state index in [0.717, 1.165) is 44.6 Å². The number of carbonyl (C=O) groups is 1. The summed E-state index contributed by atoms with van der Waals surface area (Å²) in [7, 11) is 0. The van der Waals surface area contributed by atoms with Gasteiger partial charge in [0.15, 0.2) is 0 Å². The van der Waals surface area contributed by atoms with E-state index in [-0.39, 0.29) is 24.2 Å². The Morgan fingerprint density at radius 3 is 2.77 bits per heavy atom. The Morgan fingerprint density at radius 2 is 2.14 bits per heavy atom. The number of nitrogens with two attached hydrogens (primary N) is 1. The Kier molecular flexibility index (Phi) is 4.90. The molecule has 120 valence electrons. The minimum Gasteiger partial charge on any atom is -0.364 e. The number of anilines is 1. The van der Waals surface area contributed by atoms with Crippen LogP contribution in [-0.4, -0.2) is 48.8 Å². The zero-order valence-electron chi connectivity index (χ0n) is 12.8. The van der Waals surface area contributed by atoms with Crippen LogP contribution in [0.3, 0.4) is 0 Å². The molecule has 0 aromatic carbocycles. The third kappa shape index (κ3) is 3.56. The van der Waals surface area contributed by atoms with Crippen molar-refractivity contribution >= 4 is 11.7 Å². The zero-order chi connectivity index (χ0) is 15.4. The molecule has 2 aliphatic heterocycles. The summed E-state index contributed by atoms with van der Waals surface area (Å²) in [4.78, 5) is 18.9. The van der Waals surface area contributed by atoms with Crippen molar-refractivity contribution in [2.24, 2.45) is 5.73 Å². The van der Waals surface area contributed by atoms with Crippen LogP contribution >= 0.6 is 0 Å². The highest BCUT2D eigenvalue weighted by molar-refractivity contribution is 5.81. The van der Waals surface area contributed by atoms with Gasteiger partial charge >= 0.3 is 0 Å². The van der Waals surface area contributed by atoms with Crippen LogP contribution < -0.4 is 16.0 Å². The predicted molar refractivity (Wildman–Crippen MR) is 84.6 cm³/mol. The van der Waals surface area contributed by atoms with Crippen molar-refractivity contribution < 1.29 is 9.53 Å². The van der Waals surface area contributed by atoms with Gasteiger partial charge in [0.05, 0.1) is 6.10 Å². The van der Waals surface area contributed by atoms with E-state index in [0.29, 0.717) is 6.54 Å².